The van der Waals surface area contributed by atoms with E-state index >= 15 is 0 Å². The lowest BCUT2D eigenvalue weighted by molar-refractivity contribution is 0.201. The highest BCUT2D eigenvalue weighted by atomic mass is 32.2. The Bertz CT molecular complexity index is 590. The molecular formula is C13H20N4O2S. The highest BCUT2D eigenvalue weighted by molar-refractivity contribution is 7.89. The Hall–Kier alpha value is -1.18. The van der Waals surface area contributed by atoms with Crippen LogP contribution in [0.1, 0.15) is 32.1 Å². The van der Waals surface area contributed by atoms with Crippen LogP contribution in [0.4, 0.5) is 5.69 Å². The fourth-order valence-electron chi connectivity index (χ4n) is 3.52. The Morgan fingerprint density at radius 1 is 1.30 bits per heavy atom. The summed E-state index contributed by atoms with van der Waals surface area (Å²) in [6.07, 6.45) is 6.78. The molecule has 2 aliphatic rings. The fourth-order valence-corrected chi connectivity index (χ4v) is 5.35. The molecule has 0 amide bonds. The molecule has 0 radical (unpaired) electrons. The van der Waals surface area contributed by atoms with Crippen molar-refractivity contribution in [2.24, 2.45) is 11.8 Å². The molecule has 110 valence electrons. The average molecular weight is 296 g/mol. The predicted octanol–water partition coefficient (Wildman–Crippen LogP) is 1.32. The summed E-state index contributed by atoms with van der Waals surface area (Å²) in [5, 5.41) is 0.0371. The Morgan fingerprint density at radius 3 is 2.90 bits per heavy atom. The van der Waals surface area contributed by atoms with Gasteiger partial charge in [0.1, 0.15) is 0 Å². The average Bonchev–Trinajstić information content (AvgIpc) is 2.95. The zero-order valence-electron chi connectivity index (χ0n) is 11.3. The van der Waals surface area contributed by atoms with E-state index < -0.39 is 10.0 Å². The van der Waals surface area contributed by atoms with Crippen molar-refractivity contribution in [2.75, 3.05) is 12.0 Å². The van der Waals surface area contributed by atoms with Crippen LogP contribution in [0.15, 0.2) is 23.4 Å². The van der Waals surface area contributed by atoms with Gasteiger partial charge in [-0.2, -0.15) is 4.31 Å². The number of hydrogen-bond acceptors (Lipinski definition) is 5. The molecule has 1 saturated heterocycles. The van der Waals surface area contributed by atoms with Crippen molar-refractivity contribution < 1.29 is 8.42 Å². The fraction of sp³-hybridized carbons (Fsp3) is 0.615. The molecule has 2 unspecified atom stereocenters. The van der Waals surface area contributed by atoms with Gasteiger partial charge in [-0.1, -0.05) is 6.42 Å². The summed E-state index contributed by atoms with van der Waals surface area (Å²) in [5.74, 6) is 5.92. The number of hydrazine groups is 1. The molecule has 1 saturated carbocycles. The largest absolute Gasteiger partial charge is 0.321 e. The van der Waals surface area contributed by atoms with Gasteiger partial charge in [0.2, 0.25) is 0 Å². The summed E-state index contributed by atoms with van der Waals surface area (Å²) in [5.41, 5.74) is 2.79. The van der Waals surface area contributed by atoms with Crippen molar-refractivity contribution in [1.82, 2.24) is 9.29 Å². The summed E-state index contributed by atoms with van der Waals surface area (Å²) >= 11 is 0. The van der Waals surface area contributed by atoms with Crippen LogP contribution >= 0.6 is 0 Å². The minimum absolute atomic E-state index is 0.0371. The smallest absolute Gasteiger partial charge is 0.262 e. The molecule has 1 aromatic rings. The zero-order valence-corrected chi connectivity index (χ0v) is 12.1. The molecular weight excluding hydrogens is 276 g/mol. The van der Waals surface area contributed by atoms with Gasteiger partial charge in [0, 0.05) is 18.8 Å². The number of fused-ring (bicyclic) bond motifs is 1. The van der Waals surface area contributed by atoms with Gasteiger partial charge >= 0.3 is 0 Å². The summed E-state index contributed by atoms with van der Waals surface area (Å²) in [7, 11) is -3.58. The van der Waals surface area contributed by atoms with Crippen LogP contribution in [0, 0.1) is 5.92 Å². The van der Waals surface area contributed by atoms with Crippen molar-refractivity contribution >= 4 is 15.7 Å². The van der Waals surface area contributed by atoms with E-state index in [1.807, 2.05) is 0 Å². The number of nitrogens with zero attached hydrogens (tertiary/aromatic N) is 2. The van der Waals surface area contributed by atoms with Gasteiger partial charge in [0.15, 0.2) is 5.03 Å². The first-order valence-corrected chi connectivity index (χ1v) is 8.52. The standard InChI is InChI=1S/C13H20N4O2S/c14-16-11-6-2-8-15-13(11)20(18,19)17-9-3-5-10-4-1-7-12(10)17/h2,6,8,10,12,16H,1,3-5,7,9,14H2. The third kappa shape index (κ3) is 2.19. The molecule has 3 rings (SSSR count). The van der Waals surface area contributed by atoms with Crippen LogP contribution in [0.3, 0.4) is 0 Å². The normalized spacial score (nSPS) is 27.2. The van der Waals surface area contributed by atoms with Gasteiger partial charge in [0.25, 0.3) is 10.0 Å². The summed E-state index contributed by atoms with van der Waals surface area (Å²) in [6.45, 7) is 0.587. The number of hydrogen-bond donors (Lipinski definition) is 2. The highest BCUT2D eigenvalue weighted by Gasteiger charge is 2.42. The van der Waals surface area contributed by atoms with Gasteiger partial charge in [-0.05, 0) is 43.7 Å². The molecule has 1 aliphatic heterocycles. The molecule has 1 aliphatic carbocycles. The molecule has 2 heterocycles. The molecule has 0 bridgehead atoms. The Labute approximate surface area is 119 Å². The molecule has 2 atom stereocenters. The predicted molar refractivity (Wildman–Crippen MR) is 76.3 cm³/mol. The quantitative estimate of drug-likeness (QED) is 0.649. The van der Waals surface area contributed by atoms with Crippen LogP contribution in [0.5, 0.6) is 0 Å². The highest BCUT2D eigenvalue weighted by Crippen LogP contribution is 2.39. The van der Waals surface area contributed by atoms with Gasteiger partial charge in [-0.3, -0.25) is 5.84 Å². The number of nitrogen functional groups attached to an aromatic ring is 1. The lowest BCUT2D eigenvalue weighted by Crippen LogP contribution is -2.46. The first kappa shape index (κ1) is 13.8. The minimum atomic E-state index is -3.58. The van der Waals surface area contributed by atoms with E-state index in [1.165, 1.54) is 6.20 Å². The summed E-state index contributed by atoms with van der Waals surface area (Å²) < 4.78 is 27.4. The number of aromatic nitrogens is 1. The number of rotatable bonds is 3. The molecule has 3 N–H and O–H groups in total. The molecule has 2 fully saturated rings. The minimum Gasteiger partial charge on any atom is -0.321 e. The second-order valence-corrected chi connectivity index (χ2v) is 7.32. The summed E-state index contributed by atoms with van der Waals surface area (Å²) in [4.78, 5) is 4.04. The molecule has 0 spiro atoms. The van der Waals surface area contributed by atoms with E-state index in [9.17, 15) is 8.42 Å². The van der Waals surface area contributed by atoms with Gasteiger partial charge in [0.05, 0.1) is 5.69 Å². The van der Waals surface area contributed by atoms with Crippen molar-refractivity contribution in [3.63, 3.8) is 0 Å². The van der Waals surface area contributed by atoms with Gasteiger partial charge < -0.3 is 5.43 Å². The van der Waals surface area contributed by atoms with Crippen LogP contribution in [-0.4, -0.2) is 30.3 Å². The second-order valence-electron chi connectivity index (χ2n) is 5.52. The monoisotopic (exact) mass is 296 g/mol. The maximum absolute atomic E-state index is 12.9. The van der Waals surface area contributed by atoms with Crippen molar-refractivity contribution in [2.45, 2.75) is 43.2 Å². The van der Waals surface area contributed by atoms with Crippen LogP contribution in [0.2, 0.25) is 0 Å². The third-order valence-corrected chi connectivity index (χ3v) is 6.31. The number of nitrogens with one attached hydrogen (secondary N) is 1. The van der Waals surface area contributed by atoms with Crippen molar-refractivity contribution in [3.8, 4) is 0 Å². The third-order valence-electron chi connectivity index (χ3n) is 4.42. The van der Waals surface area contributed by atoms with Crippen LogP contribution < -0.4 is 11.3 Å². The van der Waals surface area contributed by atoms with Crippen molar-refractivity contribution in [3.05, 3.63) is 18.3 Å². The van der Waals surface area contributed by atoms with E-state index in [1.54, 1.807) is 16.4 Å². The summed E-state index contributed by atoms with van der Waals surface area (Å²) in [6, 6.07) is 3.44. The van der Waals surface area contributed by atoms with Gasteiger partial charge in [-0.25, -0.2) is 13.4 Å². The number of pyridine rings is 1. The Balaban J connectivity index is 1.98. The first-order chi connectivity index (χ1) is 9.64. The number of anilines is 1. The van der Waals surface area contributed by atoms with Crippen molar-refractivity contribution in [1.29, 1.82) is 0 Å². The van der Waals surface area contributed by atoms with E-state index in [-0.39, 0.29) is 11.1 Å². The zero-order chi connectivity index (χ0) is 14.2. The van der Waals surface area contributed by atoms with E-state index in [2.05, 4.69) is 10.4 Å². The second kappa shape index (κ2) is 5.31. The number of nitrogens with two attached hydrogens (primary N) is 1. The Morgan fingerprint density at radius 2 is 2.10 bits per heavy atom. The first-order valence-electron chi connectivity index (χ1n) is 7.08. The van der Waals surface area contributed by atoms with E-state index in [4.69, 9.17) is 5.84 Å². The molecule has 1 aromatic heterocycles. The number of piperidine rings is 1. The van der Waals surface area contributed by atoms with E-state index in [0.29, 0.717) is 18.2 Å². The maximum atomic E-state index is 12.9. The van der Waals surface area contributed by atoms with Crippen LogP contribution in [-0.2, 0) is 10.0 Å². The van der Waals surface area contributed by atoms with E-state index in [0.717, 1.165) is 32.1 Å². The lowest BCUT2D eigenvalue weighted by atomic mass is 9.94. The molecule has 6 nitrogen and oxygen atoms in total. The number of sulfonamides is 1. The topological polar surface area (TPSA) is 88.3 Å². The molecule has 20 heavy (non-hydrogen) atoms. The van der Waals surface area contributed by atoms with Crippen LogP contribution in [0.25, 0.3) is 0 Å². The SMILES string of the molecule is NNc1cccnc1S(=O)(=O)N1CCCC2CCCC21. The maximum Gasteiger partial charge on any atom is 0.262 e. The Kier molecular flexibility index (Phi) is 3.66. The van der Waals surface area contributed by atoms with Gasteiger partial charge in [-0.15, -0.1) is 0 Å². The molecule has 0 aromatic carbocycles. The molecule has 7 heteroatoms. The lowest BCUT2D eigenvalue weighted by Gasteiger charge is -2.36.